The molecule has 0 aliphatic carbocycles. The molecule has 0 bridgehead atoms. The van der Waals surface area contributed by atoms with Crippen molar-refractivity contribution >= 4 is 21.7 Å². The molecular weight excluding hydrogens is 316 g/mol. The molecule has 2 rings (SSSR count). The zero-order chi connectivity index (χ0) is 14.4. The molecule has 5 heteroatoms. The molecule has 0 aromatic carbocycles. The van der Waals surface area contributed by atoms with Crippen LogP contribution in [0.4, 0.5) is 5.82 Å². The standard InChI is InChI=1S/C15H25BrN4/c1-2-14(6-7-17)19-8-3-9-20(11-10-19)15-5-4-13(16)12-18-15/h4-5,12,14H,2-3,6-11,17H2,1H3. The largest absolute Gasteiger partial charge is 0.355 e. The summed E-state index contributed by atoms with van der Waals surface area (Å²) in [5, 5.41) is 0. The summed E-state index contributed by atoms with van der Waals surface area (Å²) in [6.07, 6.45) is 5.36. The molecule has 2 N–H and O–H groups in total. The molecule has 1 atom stereocenters. The number of halogens is 1. The predicted octanol–water partition coefficient (Wildman–Crippen LogP) is 2.48. The first-order valence-corrected chi connectivity index (χ1v) is 8.34. The van der Waals surface area contributed by atoms with Crippen molar-refractivity contribution in [3.05, 3.63) is 22.8 Å². The van der Waals surface area contributed by atoms with Gasteiger partial charge in [0.15, 0.2) is 0 Å². The van der Waals surface area contributed by atoms with Crippen molar-refractivity contribution in [2.75, 3.05) is 37.6 Å². The van der Waals surface area contributed by atoms with Gasteiger partial charge in [0, 0.05) is 42.9 Å². The summed E-state index contributed by atoms with van der Waals surface area (Å²) < 4.78 is 1.03. The molecular formula is C15H25BrN4. The Kier molecular flexibility index (Phi) is 6.26. The van der Waals surface area contributed by atoms with Crippen molar-refractivity contribution in [3.63, 3.8) is 0 Å². The van der Waals surface area contributed by atoms with E-state index in [2.05, 4.69) is 49.8 Å². The maximum atomic E-state index is 5.73. The van der Waals surface area contributed by atoms with Gasteiger partial charge in [-0.2, -0.15) is 0 Å². The number of aromatic nitrogens is 1. The van der Waals surface area contributed by atoms with Crippen molar-refractivity contribution in [1.29, 1.82) is 0 Å². The maximum Gasteiger partial charge on any atom is 0.128 e. The van der Waals surface area contributed by atoms with Gasteiger partial charge in [-0.15, -0.1) is 0 Å². The Balaban J connectivity index is 1.96. The van der Waals surface area contributed by atoms with Crippen LogP contribution in [0.3, 0.4) is 0 Å². The molecule has 1 fully saturated rings. The lowest BCUT2D eigenvalue weighted by molar-refractivity contribution is 0.196. The summed E-state index contributed by atoms with van der Waals surface area (Å²) in [6, 6.07) is 4.79. The normalized spacial score (nSPS) is 18.9. The molecule has 4 nitrogen and oxygen atoms in total. The number of nitrogens with two attached hydrogens (primary N) is 1. The molecule has 1 aliphatic heterocycles. The number of anilines is 1. The van der Waals surface area contributed by atoms with Gasteiger partial charge in [0.1, 0.15) is 5.82 Å². The fraction of sp³-hybridized carbons (Fsp3) is 0.667. The van der Waals surface area contributed by atoms with Crippen LogP contribution in [0, 0.1) is 0 Å². The molecule has 20 heavy (non-hydrogen) atoms. The summed E-state index contributed by atoms with van der Waals surface area (Å²) in [5.41, 5.74) is 5.73. The van der Waals surface area contributed by atoms with Crippen LogP contribution in [-0.2, 0) is 0 Å². The Labute approximate surface area is 130 Å². The summed E-state index contributed by atoms with van der Waals surface area (Å²) in [6.45, 7) is 7.47. The lowest BCUT2D eigenvalue weighted by Gasteiger charge is -2.29. The zero-order valence-corrected chi connectivity index (χ0v) is 13.8. The van der Waals surface area contributed by atoms with Crippen molar-refractivity contribution in [3.8, 4) is 0 Å². The van der Waals surface area contributed by atoms with E-state index < -0.39 is 0 Å². The molecule has 0 amide bonds. The van der Waals surface area contributed by atoms with E-state index >= 15 is 0 Å². The van der Waals surface area contributed by atoms with Crippen molar-refractivity contribution in [2.24, 2.45) is 5.73 Å². The highest BCUT2D eigenvalue weighted by Crippen LogP contribution is 2.18. The summed E-state index contributed by atoms with van der Waals surface area (Å²) >= 11 is 3.44. The summed E-state index contributed by atoms with van der Waals surface area (Å²) in [4.78, 5) is 9.50. The minimum absolute atomic E-state index is 0.637. The van der Waals surface area contributed by atoms with Gasteiger partial charge in [0.25, 0.3) is 0 Å². The summed E-state index contributed by atoms with van der Waals surface area (Å²) in [7, 11) is 0. The minimum atomic E-state index is 0.637. The first-order chi connectivity index (χ1) is 9.74. The third-order valence-electron chi connectivity index (χ3n) is 4.05. The van der Waals surface area contributed by atoms with E-state index in [0.717, 1.165) is 42.9 Å². The van der Waals surface area contributed by atoms with Crippen LogP contribution in [0.25, 0.3) is 0 Å². The molecule has 1 unspecified atom stereocenters. The molecule has 2 heterocycles. The van der Waals surface area contributed by atoms with E-state index in [-0.39, 0.29) is 0 Å². The van der Waals surface area contributed by atoms with Crippen LogP contribution >= 0.6 is 15.9 Å². The van der Waals surface area contributed by atoms with Gasteiger partial charge < -0.3 is 10.6 Å². The second-order valence-corrected chi connectivity index (χ2v) is 6.27. The second kappa shape index (κ2) is 7.96. The molecule has 1 aromatic heterocycles. The first kappa shape index (κ1) is 15.7. The summed E-state index contributed by atoms with van der Waals surface area (Å²) in [5.74, 6) is 1.09. The molecule has 1 aromatic rings. The van der Waals surface area contributed by atoms with Gasteiger partial charge in [-0.05, 0) is 53.9 Å². The predicted molar refractivity (Wildman–Crippen MR) is 88.1 cm³/mol. The Morgan fingerprint density at radius 3 is 2.80 bits per heavy atom. The topological polar surface area (TPSA) is 45.4 Å². The SMILES string of the molecule is CCC(CCN)N1CCCN(c2ccc(Br)cn2)CC1. The highest BCUT2D eigenvalue weighted by Gasteiger charge is 2.20. The Morgan fingerprint density at radius 2 is 2.15 bits per heavy atom. The zero-order valence-electron chi connectivity index (χ0n) is 12.3. The third kappa shape index (κ3) is 4.17. The Morgan fingerprint density at radius 1 is 1.30 bits per heavy atom. The van der Waals surface area contributed by atoms with E-state index in [9.17, 15) is 0 Å². The minimum Gasteiger partial charge on any atom is -0.355 e. The van der Waals surface area contributed by atoms with Crippen LogP contribution in [0.15, 0.2) is 22.8 Å². The van der Waals surface area contributed by atoms with Crippen molar-refractivity contribution < 1.29 is 0 Å². The number of hydrogen-bond acceptors (Lipinski definition) is 4. The number of pyridine rings is 1. The van der Waals surface area contributed by atoms with Crippen LogP contribution in [0.1, 0.15) is 26.2 Å². The molecule has 0 radical (unpaired) electrons. The number of nitrogens with zero attached hydrogens (tertiary/aromatic N) is 3. The van der Waals surface area contributed by atoms with E-state index in [4.69, 9.17) is 5.73 Å². The van der Waals surface area contributed by atoms with E-state index in [0.29, 0.717) is 6.04 Å². The van der Waals surface area contributed by atoms with Gasteiger partial charge in [0.05, 0.1) is 0 Å². The van der Waals surface area contributed by atoms with E-state index in [1.54, 1.807) is 0 Å². The maximum absolute atomic E-state index is 5.73. The average molecular weight is 341 g/mol. The number of hydrogen-bond donors (Lipinski definition) is 1. The molecule has 1 saturated heterocycles. The Hall–Kier alpha value is -0.650. The van der Waals surface area contributed by atoms with Gasteiger partial charge in [-0.3, -0.25) is 4.90 Å². The van der Waals surface area contributed by atoms with Crippen LogP contribution in [-0.4, -0.2) is 48.6 Å². The third-order valence-corrected chi connectivity index (χ3v) is 4.52. The Bertz CT molecular complexity index is 395. The van der Waals surface area contributed by atoms with E-state index in [1.807, 2.05) is 6.20 Å². The fourth-order valence-electron chi connectivity index (χ4n) is 2.92. The van der Waals surface area contributed by atoms with Crippen molar-refractivity contribution in [2.45, 2.75) is 32.2 Å². The average Bonchev–Trinajstić information content (AvgIpc) is 2.71. The molecule has 0 spiro atoms. The van der Waals surface area contributed by atoms with Crippen molar-refractivity contribution in [1.82, 2.24) is 9.88 Å². The van der Waals surface area contributed by atoms with Gasteiger partial charge in [-0.25, -0.2) is 4.98 Å². The van der Waals surface area contributed by atoms with E-state index in [1.165, 1.54) is 19.4 Å². The quantitative estimate of drug-likeness (QED) is 0.894. The fourth-order valence-corrected chi connectivity index (χ4v) is 3.16. The molecule has 112 valence electrons. The van der Waals surface area contributed by atoms with Gasteiger partial charge in [-0.1, -0.05) is 6.92 Å². The number of rotatable bonds is 5. The second-order valence-electron chi connectivity index (χ2n) is 5.35. The van der Waals surface area contributed by atoms with Crippen LogP contribution in [0.5, 0.6) is 0 Å². The lowest BCUT2D eigenvalue weighted by Crippen LogP contribution is -2.39. The highest BCUT2D eigenvalue weighted by molar-refractivity contribution is 9.10. The highest BCUT2D eigenvalue weighted by atomic mass is 79.9. The lowest BCUT2D eigenvalue weighted by atomic mass is 10.1. The molecule has 1 aliphatic rings. The monoisotopic (exact) mass is 340 g/mol. The van der Waals surface area contributed by atoms with Gasteiger partial charge in [0.2, 0.25) is 0 Å². The first-order valence-electron chi connectivity index (χ1n) is 7.55. The van der Waals surface area contributed by atoms with Crippen LogP contribution < -0.4 is 10.6 Å². The smallest absolute Gasteiger partial charge is 0.128 e. The molecule has 0 saturated carbocycles. The van der Waals surface area contributed by atoms with Crippen LogP contribution in [0.2, 0.25) is 0 Å². The van der Waals surface area contributed by atoms with Gasteiger partial charge >= 0.3 is 0 Å².